The largest absolute Gasteiger partial charge is 0.416 e. The third-order valence-electron chi connectivity index (χ3n) is 3.15. The van der Waals surface area contributed by atoms with E-state index in [1.54, 1.807) is 30.1 Å². The van der Waals surface area contributed by atoms with E-state index in [2.05, 4.69) is 10.4 Å². The first kappa shape index (κ1) is 14.5. The third kappa shape index (κ3) is 3.00. The summed E-state index contributed by atoms with van der Waals surface area (Å²) in [5, 5.41) is 0. The van der Waals surface area contributed by atoms with Crippen molar-refractivity contribution in [1.82, 2.24) is 15.0 Å². The van der Waals surface area contributed by atoms with Crippen molar-refractivity contribution in [1.29, 1.82) is 0 Å². The molecule has 1 aromatic carbocycles. The summed E-state index contributed by atoms with van der Waals surface area (Å²) in [5.74, 6) is 6.09. The van der Waals surface area contributed by atoms with E-state index in [1.807, 2.05) is 0 Å². The summed E-state index contributed by atoms with van der Waals surface area (Å²) in [5.41, 5.74) is 1.88. The normalized spacial score (nSPS) is 13.4. The van der Waals surface area contributed by atoms with Crippen LogP contribution in [0.5, 0.6) is 0 Å². The van der Waals surface area contributed by atoms with Crippen LogP contribution in [0.15, 0.2) is 36.7 Å². The highest BCUT2D eigenvalue weighted by Crippen LogP contribution is 2.35. The molecule has 0 saturated heterocycles. The highest BCUT2D eigenvalue weighted by Gasteiger charge is 2.34. The quantitative estimate of drug-likeness (QED) is 0.668. The highest BCUT2D eigenvalue weighted by atomic mass is 19.4. The molecule has 0 radical (unpaired) electrons. The van der Waals surface area contributed by atoms with Gasteiger partial charge in [-0.15, -0.1) is 0 Å². The monoisotopic (exact) mass is 284 g/mol. The van der Waals surface area contributed by atoms with Crippen molar-refractivity contribution in [2.75, 3.05) is 0 Å². The first-order valence-corrected chi connectivity index (χ1v) is 6.02. The first-order valence-electron chi connectivity index (χ1n) is 6.02. The van der Waals surface area contributed by atoms with Crippen LogP contribution in [0.4, 0.5) is 13.2 Å². The maximum atomic E-state index is 13.0. The van der Waals surface area contributed by atoms with Crippen molar-refractivity contribution < 1.29 is 13.2 Å². The molecule has 20 heavy (non-hydrogen) atoms. The molecule has 0 fully saturated rings. The van der Waals surface area contributed by atoms with Crippen LogP contribution in [0.3, 0.4) is 0 Å². The number of nitrogens with one attached hydrogen (secondary N) is 1. The Hall–Kier alpha value is -1.86. The molecular formula is C13H15F3N4. The van der Waals surface area contributed by atoms with Gasteiger partial charge in [0.25, 0.3) is 0 Å². The molecule has 4 nitrogen and oxygen atoms in total. The lowest BCUT2D eigenvalue weighted by Gasteiger charge is -2.20. The number of hydrogen-bond donors (Lipinski definition) is 2. The summed E-state index contributed by atoms with van der Waals surface area (Å²) >= 11 is 0. The molecule has 0 saturated carbocycles. The summed E-state index contributed by atoms with van der Waals surface area (Å²) in [4.78, 5) is 4.11. The predicted molar refractivity (Wildman–Crippen MR) is 68.4 cm³/mol. The molecule has 1 aromatic heterocycles. The van der Waals surface area contributed by atoms with Crippen LogP contribution >= 0.6 is 0 Å². The van der Waals surface area contributed by atoms with Gasteiger partial charge >= 0.3 is 6.18 Å². The number of hydrogen-bond acceptors (Lipinski definition) is 3. The van der Waals surface area contributed by atoms with E-state index in [0.29, 0.717) is 5.82 Å². The van der Waals surface area contributed by atoms with Gasteiger partial charge in [0.15, 0.2) is 0 Å². The van der Waals surface area contributed by atoms with Crippen molar-refractivity contribution in [3.8, 4) is 0 Å². The number of aromatic nitrogens is 2. The van der Waals surface area contributed by atoms with Crippen molar-refractivity contribution >= 4 is 0 Å². The molecule has 1 atom stereocenters. The lowest BCUT2D eigenvalue weighted by Crippen LogP contribution is -2.32. The Morgan fingerprint density at radius 1 is 1.35 bits per heavy atom. The first-order chi connectivity index (χ1) is 9.43. The van der Waals surface area contributed by atoms with E-state index in [-0.39, 0.29) is 12.0 Å². The van der Waals surface area contributed by atoms with Gasteiger partial charge in [-0.1, -0.05) is 18.2 Å². The van der Waals surface area contributed by atoms with Crippen LogP contribution in [0.2, 0.25) is 0 Å². The SMILES string of the molecule is Cn1ccnc1CC(NN)c1ccccc1C(F)(F)F. The molecule has 1 heterocycles. The maximum Gasteiger partial charge on any atom is 0.416 e. The van der Waals surface area contributed by atoms with E-state index in [4.69, 9.17) is 5.84 Å². The van der Waals surface area contributed by atoms with Crippen LogP contribution in [-0.2, 0) is 19.6 Å². The van der Waals surface area contributed by atoms with Crippen LogP contribution in [0, 0.1) is 0 Å². The Morgan fingerprint density at radius 3 is 2.60 bits per heavy atom. The molecule has 2 rings (SSSR count). The molecule has 0 spiro atoms. The lowest BCUT2D eigenvalue weighted by atomic mass is 9.97. The van der Waals surface area contributed by atoms with Gasteiger partial charge in [0.2, 0.25) is 0 Å². The van der Waals surface area contributed by atoms with Crippen LogP contribution < -0.4 is 11.3 Å². The Bertz CT molecular complexity index is 577. The molecule has 0 aliphatic carbocycles. The number of benzene rings is 1. The second kappa shape index (κ2) is 5.64. The maximum absolute atomic E-state index is 13.0. The Balaban J connectivity index is 2.35. The Kier molecular flexibility index (Phi) is 4.10. The zero-order valence-corrected chi connectivity index (χ0v) is 10.9. The van der Waals surface area contributed by atoms with E-state index < -0.39 is 17.8 Å². The molecule has 0 aliphatic rings. The molecule has 2 aromatic rings. The summed E-state index contributed by atoms with van der Waals surface area (Å²) in [6.45, 7) is 0. The van der Waals surface area contributed by atoms with Gasteiger partial charge in [-0.2, -0.15) is 13.2 Å². The number of imidazole rings is 1. The standard InChI is InChI=1S/C13H15F3N4/c1-20-7-6-18-12(20)8-11(19-17)9-4-2-3-5-10(9)13(14,15)16/h2-7,11,19H,8,17H2,1H3. The fraction of sp³-hybridized carbons (Fsp3) is 0.308. The number of aryl methyl sites for hydroxylation is 1. The van der Waals surface area contributed by atoms with Gasteiger partial charge < -0.3 is 4.57 Å². The summed E-state index contributed by atoms with van der Waals surface area (Å²) in [7, 11) is 1.78. The molecular weight excluding hydrogens is 269 g/mol. The summed E-state index contributed by atoms with van der Waals surface area (Å²) < 4.78 is 40.8. The van der Waals surface area contributed by atoms with Gasteiger partial charge in [-0.05, 0) is 11.6 Å². The van der Waals surface area contributed by atoms with Gasteiger partial charge in [-0.25, -0.2) is 4.98 Å². The van der Waals surface area contributed by atoms with Crippen molar-refractivity contribution in [3.63, 3.8) is 0 Å². The van der Waals surface area contributed by atoms with E-state index >= 15 is 0 Å². The number of halogens is 3. The van der Waals surface area contributed by atoms with Gasteiger partial charge in [0, 0.05) is 25.9 Å². The Morgan fingerprint density at radius 2 is 2.05 bits per heavy atom. The molecule has 3 N–H and O–H groups in total. The minimum absolute atomic E-state index is 0.116. The zero-order chi connectivity index (χ0) is 14.8. The van der Waals surface area contributed by atoms with Crippen LogP contribution in [0.1, 0.15) is 23.0 Å². The fourth-order valence-electron chi connectivity index (χ4n) is 2.09. The molecule has 108 valence electrons. The number of alkyl halides is 3. The van der Waals surface area contributed by atoms with E-state index in [9.17, 15) is 13.2 Å². The van der Waals surface area contributed by atoms with Gasteiger partial charge in [0.1, 0.15) is 5.82 Å². The molecule has 0 bridgehead atoms. The van der Waals surface area contributed by atoms with E-state index in [0.717, 1.165) is 6.07 Å². The second-order valence-electron chi connectivity index (χ2n) is 4.46. The van der Waals surface area contributed by atoms with Crippen molar-refractivity contribution in [2.45, 2.75) is 18.6 Å². The topological polar surface area (TPSA) is 55.9 Å². The highest BCUT2D eigenvalue weighted by molar-refractivity contribution is 5.33. The smallest absolute Gasteiger partial charge is 0.338 e. The third-order valence-corrected chi connectivity index (χ3v) is 3.15. The van der Waals surface area contributed by atoms with Crippen molar-refractivity contribution in [3.05, 3.63) is 53.6 Å². The van der Waals surface area contributed by atoms with Gasteiger partial charge in [-0.3, -0.25) is 11.3 Å². The van der Waals surface area contributed by atoms with Crippen LogP contribution in [0.25, 0.3) is 0 Å². The average Bonchev–Trinajstić information content (AvgIpc) is 2.80. The number of nitrogens with two attached hydrogens (primary N) is 1. The fourth-order valence-corrected chi connectivity index (χ4v) is 2.09. The second-order valence-corrected chi connectivity index (χ2v) is 4.46. The lowest BCUT2D eigenvalue weighted by molar-refractivity contribution is -0.138. The molecule has 7 heteroatoms. The molecule has 0 amide bonds. The summed E-state index contributed by atoms with van der Waals surface area (Å²) in [6, 6.07) is 4.75. The Labute approximate surface area is 114 Å². The number of nitrogens with zero attached hydrogens (tertiary/aromatic N) is 2. The minimum Gasteiger partial charge on any atom is -0.338 e. The minimum atomic E-state index is -4.41. The van der Waals surface area contributed by atoms with Gasteiger partial charge in [0.05, 0.1) is 11.6 Å². The van der Waals surface area contributed by atoms with Crippen molar-refractivity contribution in [2.24, 2.45) is 12.9 Å². The molecule has 0 aliphatic heterocycles. The van der Waals surface area contributed by atoms with E-state index in [1.165, 1.54) is 12.1 Å². The number of hydrazine groups is 1. The predicted octanol–water partition coefficient (Wildman–Crippen LogP) is 2.19. The number of rotatable bonds is 4. The molecule has 1 unspecified atom stereocenters. The summed E-state index contributed by atoms with van der Waals surface area (Å²) in [6.07, 6.45) is -0.808. The average molecular weight is 284 g/mol. The van der Waals surface area contributed by atoms with Crippen LogP contribution in [-0.4, -0.2) is 9.55 Å². The zero-order valence-electron chi connectivity index (χ0n) is 10.9.